The Balaban J connectivity index is 1.80. The zero-order valence-electron chi connectivity index (χ0n) is 13.8. The highest BCUT2D eigenvalue weighted by Crippen LogP contribution is 2.23. The molecule has 1 N–H and O–H groups in total. The highest BCUT2D eigenvalue weighted by Gasteiger charge is 2.25. The molecule has 0 aromatic heterocycles. The smallest absolute Gasteiger partial charge is 0.331 e. The van der Waals surface area contributed by atoms with E-state index in [0.717, 1.165) is 24.8 Å². The van der Waals surface area contributed by atoms with Crippen molar-refractivity contribution < 1.29 is 14.3 Å². The minimum atomic E-state index is -0.781. The van der Waals surface area contributed by atoms with Crippen molar-refractivity contribution in [2.24, 2.45) is 5.92 Å². The molecule has 0 spiro atoms. The van der Waals surface area contributed by atoms with Crippen molar-refractivity contribution in [1.29, 1.82) is 0 Å². The normalized spacial score (nSPS) is 22.5. The van der Waals surface area contributed by atoms with Crippen molar-refractivity contribution in [3.05, 3.63) is 42.0 Å². The molecule has 23 heavy (non-hydrogen) atoms. The van der Waals surface area contributed by atoms with Crippen LogP contribution in [0.1, 0.15) is 45.1 Å². The number of amides is 1. The Morgan fingerprint density at radius 2 is 1.91 bits per heavy atom. The summed E-state index contributed by atoms with van der Waals surface area (Å²) in [5.74, 6) is -0.244. The number of rotatable bonds is 5. The van der Waals surface area contributed by atoms with Crippen LogP contribution in [0.3, 0.4) is 0 Å². The van der Waals surface area contributed by atoms with Crippen LogP contribution < -0.4 is 5.32 Å². The second-order valence-electron chi connectivity index (χ2n) is 6.20. The molecule has 3 atom stereocenters. The van der Waals surface area contributed by atoms with E-state index in [1.54, 1.807) is 13.0 Å². The van der Waals surface area contributed by atoms with Gasteiger partial charge in [0.05, 0.1) is 0 Å². The van der Waals surface area contributed by atoms with E-state index in [1.807, 2.05) is 30.3 Å². The summed E-state index contributed by atoms with van der Waals surface area (Å²) < 4.78 is 5.17. The summed E-state index contributed by atoms with van der Waals surface area (Å²) in [7, 11) is 0. The van der Waals surface area contributed by atoms with Crippen LogP contribution in [-0.2, 0) is 14.3 Å². The predicted octanol–water partition coefficient (Wildman–Crippen LogP) is 3.33. The maximum Gasteiger partial charge on any atom is 0.331 e. The highest BCUT2D eigenvalue weighted by molar-refractivity contribution is 5.90. The van der Waals surface area contributed by atoms with Crippen LogP contribution in [0.4, 0.5) is 0 Å². The summed E-state index contributed by atoms with van der Waals surface area (Å²) in [6.07, 6.45) is 6.75. The third-order valence-electron chi connectivity index (χ3n) is 4.31. The molecular weight excluding hydrogens is 290 g/mol. The van der Waals surface area contributed by atoms with Gasteiger partial charge in [-0.2, -0.15) is 0 Å². The molecule has 0 radical (unpaired) electrons. The third-order valence-corrected chi connectivity index (χ3v) is 4.31. The summed E-state index contributed by atoms with van der Waals surface area (Å²) in [6, 6.07) is 9.68. The van der Waals surface area contributed by atoms with E-state index in [1.165, 1.54) is 12.5 Å². The quantitative estimate of drug-likeness (QED) is 0.670. The third kappa shape index (κ3) is 5.55. The Hall–Kier alpha value is -2.10. The van der Waals surface area contributed by atoms with Gasteiger partial charge in [0.1, 0.15) is 0 Å². The van der Waals surface area contributed by atoms with E-state index in [0.29, 0.717) is 5.92 Å². The fourth-order valence-corrected chi connectivity index (χ4v) is 2.83. The van der Waals surface area contributed by atoms with Gasteiger partial charge >= 0.3 is 5.97 Å². The second-order valence-corrected chi connectivity index (χ2v) is 6.20. The van der Waals surface area contributed by atoms with E-state index in [4.69, 9.17) is 4.74 Å². The number of hydrogen-bond acceptors (Lipinski definition) is 3. The van der Waals surface area contributed by atoms with Crippen LogP contribution in [0.2, 0.25) is 0 Å². The monoisotopic (exact) mass is 315 g/mol. The van der Waals surface area contributed by atoms with Crippen LogP contribution in [0.5, 0.6) is 0 Å². The van der Waals surface area contributed by atoms with Crippen molar-refractivity contribution >= 4 is 18.0 Å². The van der Waals surface area contributed by atoms with E-state index >= 15 is 0 Å². The molecule has 0 aliphatic heterocycles. The number of benzene rings is 1. The first-order valence-corrected chi connectivity index (χ1v) is 8.30. The fraction of sp³-hybridized carbons (Fsp3) is 0.474. The lowest BCUT2D eigenvalue weighted by Gasteiger charge is -2.30. The molecule has 1 aromatic rings. The maximum absolute atomic E-state index is 12.2. The SMILES string of the molecule is CC(OC(=O)C=Cc1ccccc1)C(=O)NC1CCCCC1C. The lowest BCUT2D eigenvalue weighted by Crippen LogP contribution is -2.45. The molecule has 1 fully saturated rings. The predicted molar refractivity (Wildman–Crippen MR) is 90.6 cm³/mol. The molecule has 0 bridgehead atoms. The van der Waals surface area contributed by atoms with Crippen LogP contribution in [0.15, 0.2) is 36.4 Å². The number of carbonyl (C=O) groups is 2. The van der Waals surface area contributed by atoms with Gasteiger partial charge in [-0.25, -0.2) is 4.79 Å². The lowest BCUT2D eigenvalue weighted by molar-refractivity contribution is -0.150. The summed E-state index contributed by atoms with van der Waals surface area (Å²) in [5, 5.41) is 3.01. The zero-order valence-corrected chi connectivity index (χ0v) is 13.8. The second kappa shape index (κ2) is 8.51. The van der Waals surface area contributed by atoms with Gasteiger partial charge in [0.25, 0.3) is 5.91 Å². The van der Waals surface area contributed by atoms with Crippen molar-refractivity contribution in [3.63, 3.8) is 0 Å². The largest absolute Gasteiger partial charge is 0.449 e. The Morgan fingerprint density at radius 1 is 1.22 bits per heavy atom. The first-order valence-electron chi connectivity index (χ1n) is 8.30. The van der Waals surface area contributed by atoms with E-state index < -0.39 is 12.1 Å². The van der Waals surface area contributed by atoms with Gasteiger partial charge in [-0.1, -0.05) is 50.1 Å². The number of nitrogens with one attached hydrogen (secondary N) is 1. The summed E-state index contributed by atoms with van der Waals surface area (Å²) in [4.78, 5) is 24.0. The van der Waals surface area contributed by atoms with E-state index in [9.17, 15) is 9.59 Å². The number of carbonyl (C=O) groups excluding carboxylic acids is 2. The van der Waals surface area contributed by atoms with Gasteiger partial charge < -0.3 is 10.1 Å². The minimum Gasteiger partial charge on any atom is -0.449 e. The average Bonchev–Trinajstić information content (AvgIpc) is 2.56. The number of ether oxygens (including phenoxy) is 1. The molecule has 0 saturated heterocycles. The first-order chi connectivity index (χ1) is 11.1. The highest BCUT2D eigenvalue weighted by atomic mass is 16.5. The Morgan fingerprint density at radius 3 is 2.61 bits per heavy atom. The number of esters is 1. The van der Waals surface area contributed by atoms with E-state index in [2.05, 4.69) is 12.2 Å². The number of hydrogen-bond donors (Lipinski definition) is 1. The van der Waals surface area contributed by atoms with Crippen LogP contribution in [-0.4, -0.2) is 24.0 Å². The molecule has 1 aliphatic carbocycles. The molecule has 2 rings (SSSR count). The van der Waals surface area contributed by atoms with Gasteiger partial charge in [-0.05, 0) is 37.3 Å². The molecule has 4 heteroatoms. The van der Waals surface area contributed by atoms with Gasteiger partial charge in [-0.15, -0.1) is 0 Å². The Labute approximate surface area is 137 Å². The van der Waals surface area contributed by atoms with Gasteiger partial charge in [0.2, 0.25) is 0 Å². The standard InChI is InChI=1S/C19H25NO3/c1-14-8-6-7-11-17(14)20-19(22)15(2)23-18(21)13-12-16-9-4-3-5-10-16/h3-5,9-10,12-15,17H,6-8,11H2,1-2H3,(H,20,22). The molecule has 3 unspecified atom stereocenters. The summed E-state index contributed by atoms with van der Waals surface area (Å²) >= 11 is 0. The minimum absolute atomic E-state index is 0.192. The van der Waals surface area contributed by atoms with Gasteiger partial charge in [0.15, 0.2) is 6.10 Å². The van der Waals surface area contributed by atoms with Crippen LogP contribution in [0, 0.1) is 5.92 Å². The molecular formula is C19H25NO3. The zero-order chi connectivity index (χ0) is 16.7. The summed E-state index contributed by atoms with van der Waals surface area (Å²) in [6.45, 7) is 3.76. The van der Waals surface area contributed by atoms with E-state index in [-0.39, 0.29) is 11.9 Å². The Kier molecular flexibility index (Phi) is 6.39. The van der Waals surface area contributed by atoms with Crippen molar-refractivity contribution in [1.82, 2.24) is 5.32 Å². The maximum atomic E-state index is 12.2. The van der Waals surface area contributed by atoms with Crippen LogP contribution >= 0.6 is 0 Å². The molecule has 1 saturated carbocycles. The fourth-order valence-electron chi connectivity index (χ4n) is 2.83. The van der Waals surface area contributed by atoms with Crippen molar-refractivity contribution in [3.8, 4) is 0 Å². The molecule has 124 valence electrons. The molecule has 1 amide bonds. The molecule has 0 heterocycles. The van der Waals surface area contributed by atoms with Crippen molar-refractivity contribution in [2.45, 2.75) is 51.7 Å². The van der Waals surface area contributed by atoms with Crippen LogP contribution in [0.25, 0.3) is 6.08 Å². The van der Waals surface area contributed by atoms with Gasteiger partial charge in [0, 0.05) is 12.1 Å². The molecule has 1 aromatic carbocycles. The first kappa shape index (κ1) is 17.3. The molecule has 1 aliphatic rings. The average molecular weight is 315 g/mol. The van der Waals surface area contributed by atoms with Crippen molar-refractivity contribution in [2.75, 3.05) is 0 Å². The topological polar surface area (TPSA) is 55.4 Å². The van der Waals surface area contributed by atoms with Gasteiger partial charge in [-0.3, -0.25) is 4.79 Å². The Bertz CT molecular complexity index is 553. The molecule has 4 nitrogen and oxygen atoms in total. The lowest BCUT2D eigenvalue weighted by atomic mass is 9.86. The summed E-state index contributed by atoms with van der Waals surface area (Å²) in [5.41, 5.74) is 0.914.